The molecule has 1 aromatic heterocycles. The normalized spacial score (nSPS) is 11.3. The van der Waals surface area contributed by atoms with Gasteiger partial charge in [-0.15, -0.1) is 23.4 Å². The Labute approximate surface area is 187 Å². The Morgan fingerprint density at radius 3 is 2.27 bits per heavy atom. The van der Waals surface area contributed by atoms with Crippen LogP contribution in [0, 0.1) is 6.92 Å². The van der Waals surface area contributed by atoms with Crippen molar-refractivity contribution in [1.29, 1.82) is 0 Å². The van der Waals surface area contributed by atoms with Crippen LogP contribution in [0.25, 0.3) is 22.9 Å². The first-order valence-corrected chi connectivity index (χ1v) is 9.91. The van der Waals surface area contributed by atoms with Gasteiger partial charge in [0.1, 0.15) is 5.75 Å². The molecule has 0 saturated carbocycles. The van der Waals surface area contributed by atoms with Crippen molar-refractivity contribution in [3.63, 3.8) is 0 Å². The van der Waals surface area contributed by atoms with Crippen LogP contribution in [0.1, 0.15) is 21.5 Å². The minimum Gasteiger partial charge on any atom is -0.416 e. The van der Waals surface area contributed by atoms with Crippen LogP contribution in [0.3, 0.4) is 0 Å². The summed E-state index contributed by atoms with van der Waals surface area (Å²) in [5, 5.41) is 10.9. The largest absolute Gasteiger partial charge is 0.573 e. The van der Waals surface area contributed by atoms with Gasteiger partial charge in [0.15, 0.2) is 0 Å². The van der Waals surface area contributed by atoms with Crippen LogP contribution in [-0.4, -0.2) is 22.5 Å². The first-order chi connectivity index (χ1) is 15.8. The highest BCUT2D eigenvalue weighted by molar-refractivity contribution is 5.94. The number of hydrogen-bond acceptors (Lipinski definition) is 5. The summed E-state index contributed by atoms with van der Waals surface area (Å²) in [7, 11) is 0. The molecular weight excluding hydrogens is 435 g/mol. The zero-order chi connectivity index (χ0) is 23.4. The lowest BCUT2D eigenvalue weighted by atomic mass is 10.1. The molecule has 0 radical (unpaired) electrons. The fourth-order valence-electron chi connectivity index (χ4n) is 3.12. The molecule has 0 fully saturated rings. The number of carbonyl (C=O) groups is 1. The monoisotopic (exact) mass is 453 g/mol. The number of nitrogens with zero attached hydrogens (tertiary/aromatic N) is 2. The van der Waals surface area contributed by atoms with E-state index in [0.717, 1.165) is 11.1 Å². The molecule has 0 aliphatic heterocycles. The summed E-state index contributed by atoms with van der Waals surface area (Å²) in [6.45, 7) is 2.10. The van der Waals surface area contributed by atoms with E-state index >= 15 is 0 Å². The molecule has 0 saturated heterocycles. The van der Waals surface area contributed by atoms with Crippen molar-refractivity contribution >= 4 is 5.91 Å². The molecule has 1 amide bonds. The van der Waals surface area contributed by atoms with E-state index in [4.69, 9.17) is 4.42 Å². The molecule has 1 heterocycles. The Morgan fingerprint density at radius 2 is 1.61 bits per heavy atom. The molecule has 4 rings (SSSR count). The molecule has 4 aromatic rings. The molecule has 0 atom stereocenters. The molecule has 1 N–H and O–H groups in total. The van der Waals surface area contributed by atoms with Gasteiger partial charge in [0, 0.05) is 23.2 Å². The number of carbonyl (C=O) groups excluding carboxylic acids is 1. The molecule has 6 nitrogen and oxygen atoms in total. The van der Waals surface area contributed by atoms with Crippen molar-refractivity contribution in [2.24, 2.45) is 0 Å². The van der Waals surface area contributed by atoms with Crippen LogP contribution < -0.4 is 10.1 Å². The van der Waals surface area contributed by atoms with E-state index in [9.17, 15) is 18.0 Å². The van der Waals surface area contributed by atoms with Gasteiger partial charge in [-0.05, 0) is 60.5 Å². The minimum absolute atomic E-state index is 0.149. The molecule has 3 aromatic carbocycles. The van der Waals surface area contributed by atoms with Crippen molar-refractivity contribution in [2.75, 3.05) is 0 Å². The quantitative estimate of drug-likeness (QED) is 0.415. The van der Waals surface area contributed by atoms with Gasteiger partial charge in [-0.3, -0.25) is 4.79 Å². The highest BCUT2D eigenvalue weighted by Crippen LogP contribution is 2.26. The fourth-order valence-corrected chi connectivity index (χ4v) is 3.12. The first-order valence-electron chi connectivity index (χ1n) is 9.91. The Kier molecular flexibility index (Phi) is 6.12. The maximum absolute atomic E-state index is 12.4. The van der Waals surface area contributed by atoms with Crippen LogP contribution >= 0.6 is 0 Å². The van der Waals surface area contributed by atoms with Crippen molar-refractivity contribution in [3.05, 3.63) is 89.5 Å². The third-order valence-electron chi connectivity index (χ3n) is 4.80. The van der Waals surface area contributed by atoms with E-state index in [0.29, 0.717) is 28.5 Å². The maximum Gasteiger partial charge on any atom is 0.573 e. The second-order valence-electron chi connectivity index (χ2n) is 7.18. The van der Waals surface area contributed by atoms with Gasteiger partial charge in [0.2, 0.25) is 11.8 Å². The number of halogens is 3. The Morgan fingerprint density at radius 1 is 0.939 bits per heavy atom. The van der Waals surface area contributed by atoms with E-state index in [1.54, 1.807) is 24.3 Å². The van der Waals surface area contributed by atoms with E-state index in [1.807, 2.05) is 31.2 Å². The van der Waals surface area contributed by atoms with Crippen LogP contribution in [0.15, 0.2) is 77.2 Å². The van der Waals surface area contributed by atoms with Crippen LogP contribution in [0.5, 0.6) is 5.75 Å². The van der Waals surface area contributed by atoms with E-state index in [2.05, 4.69) is 20.3 Å². The highest BCUT2D eigenvalue weighted by Gasteiger charge is 2.30. The van der Waals surface area contributed by atoms with Gasteiger partial charge in [-0.25, -0.2) is 0 Å². The number of hydrogen-bond donors (Lipinski definition) is 1. The Hall–Kier alpha value is -4.14. The van der Waals surface area contributed by atoms with Gasteiger partial charge in [-0.2, -0.15) is 0 Å². The van der Waals surface area contributed by atoms with Crippen molar-refractivity contribution in [3.8, 4) is 28.7 Å². The molecular formula is C24H18F3N3O3. The molecule has 0 spiro atoms. The van der Waals surface area contributed by atoms with Gasteiger partial charge < -0.3 is 14.5 Å². The second kappa shape index (κ2) is 9.15. The standard InChI is InChI=1S/C24H18F3N3O3/c1-15-4-2-3-5-20(15)23-30-29-22(32-23)18-10-8-17(9-11-18)21(31)28-14-16-6-12-19(13-7-16)33-24(25,26)27/h2-13H,14H2,1H3,(H,28,31). The molecule has 0 aliphatic rings. The van der Waals surface area contributed by atoms with Crippen molar-refractivity contribution < 1.29 is 27.1 Å². The number of amides is 1. The average molecular weight is 453 g/mol. The SMILES string of the molecule is Cc1ccccc1-c1nnc(-c2ccc(C(=O)NCc3ccc(OC(F)(F)F)cc3)cc2)o1. The lowest BCUT2D eigenvalue weighted by molar-refractivity contribution is -0.274. The van der Waals surface area contributed by atoms with E-state index < -0.39 is 6.36 Å². The minimum atomic E-state index is -4.74. The van der Waals surface area contributed by atoms with E-state index in [-0.39, 0.29) is 18.2 Å². The third-order valence-corrected chi connectivity index (χ3v) is 4.80. The van der Waals surface area contributed by atoms with Gasteiger partial charge in [0.05, 0.1) is 0 Å². The molecule has 9 heteroatoms. The number of benzene rings is 3. The lowest BCUT2D eigenvalue weighted by Crippen LogP contribution is -2.22. The third kappa shape index (κ3) is 5.57. The molecule has 0 aliphatic carbocycles. The number of rotatable bonds is 6. The molecule has 0 unspecified atom stereocenters. The predicted octanol–water partition coefficient (Wildman–Crippen LogP) is 5.54. The summed E-state index contributed by atoms with van der Waals surface area (Å²) in [5.41, 5.74) is 3.57. The summed E-state index contributed by atoms with van der Waals surface area (Å²) in [6, 6.07) is 19.6. The predicted molar refractivity (Wildman–Crippen MR) is 114 cm³/mol. The van der Waals surface area contributed by atoms with Gasteiger partial charge >= 0.3 is 6.36 Å². The molecule has 0 bridgehead atoms. The topological polar surface area (TPSA) is 77.2 Å². The van der Waals surface area contributed by atoms with E-state index in [1.165, 1.54) is 24.3 Å². The lowest BCUT2D eigenvalue weighted by Gasteiger charge is -2.10. The summed E-state index contributed by atoms with van der Waals surface area (Å²) >= 11 is 0. The zero-order valence-electron chi connectivity index (χ0n) is 17.4. The Bertz CT molecular complexity index is 1250. The number of nitrogens with one attached hydrogen (secondary N) is 1. The number of alkyl halides is 3. The Balaban J connectivity index is 1.37. The zero-order valence-corrected chi connectivity index (χ0v) is 17.4. The summed E-state index contributed by atoms with van der Waals surface area (Å²) in [6.07, 6.45) is -4.74. The average Bonchev–Trinajstić information content (AvgIpc) is 3.28. The first kappa shape index (κ1) is 22.1. The summed E-state index contributed by atoms with van der Waals surface area (Å²) in [5.74, 6) is 0.0982. The number of aromatic nitrogens is 2. The number of aryl methyl sites for hydroxylation is 1. The van der Waals surface area contributed by atoms with Crippen LogP contribution in [-0.2, 0) is 6.54 Å². The van der Waals surface area contributed by atoms with Gasteiger partial charge in [-0.1, -0.05) is 30.3 Å². The second-order valence-corrected chi connectivity index (χ2v) is 7.18. The van der Waals surface area contributed by atoms with Crippen LogP contribution in [0.2, 0.25) is 0 Å². The summed E-state index contributed by atoms with van der Waals surface area (Å²) in [4.78, 5) is 12.4. The van der Waals surface area contributed by atoms with Gasteiger partial charge in [0.25, 0.3) is 5.91 Å². The fraction of sp³-hybridized carbons (Fsp3) is 0.125. The van der Waals surface area contributed by atoms with Crippen molar-refractivity contribution in [2.45, 2.75) is 19.8 Å². The highest BCUT2D eigenvalue weighted by atomic mass is 19.4. The van der Waals surface area contributed by atoms with Crippen LogP contribution in [0.4, 0.5) is 13.2 Å². The summed E-state index contributed by atoms with van der Waals surface area (Å²) < 4.78 is 46.3. The molecule has 168 valence electrons. The molecule has 33 heavy (non-hydrogen) atoms. The smallest absolute Gasteiger partial charge is 0.416 e. The number of ether oxygens (including phenoxy) is 1. The van der Waals surface area contributed by atoms with Crippen molar-refractivity contribution in [1.82, 2.24) is 15.5 Å². The maximum atomic E-state index is 12.4.